The molecule has 0 heterocycles. The van der Waals surface area contributed by atoms with Gasteiger partial charge in [0.05, 0.1) is 4.90 Å². The minimum absolute atomic E-state index is 0.167. The molecule has 1 aliphatic rings. The van der Waals surface area contributed by atoms with E-state index >= 15 is 0 Å². The maximum Gasteiger partial charge on any atom is 0.328 e. The highest BCUT2D eigenvalue weighted by molar-refractivity contribution is 7.98. The van der Waals surface area contributed by atoms with E-state index in [0.29, 0.717) is 24.0 Å². The van der Waals surface area contributed by atoms with E-state index in [-0.39, 0.29) is 23.5 Å². The Hall–Kier alpha value is -2.12. The fourth-order valence-electron chi connectivity index (χ4n) is 3.86. The summed E-state index contributed by atoms with van der Waals surface area (Å²) in [6.07, 6.45) is 3.61. The quantitative estimate of drug-likeness (QED) is 0.353. The Morgan fingerprint density at radius 1 is 1.03 bits per heavy atom. The molecule has 0 N–H and O–H groups in total. The number of thioether (sulfide) groups is 1. The van der Waals surface area contributed by atoms with Crippen LogP contribution in [0.25, 0.3) is 0 Å². The lowest BCUT2D eigenvalue weighted by Crippen LogP contribution is -2.46. The van der Waals surface area contributed by atoms with Crippen LogP contribution in [0.4, 0.5) is 0 Å². The van der Waals surface area contributed by atoms with Crippen molar-refractivity contribution in [3.8, 4) is 0 Å². The van der Waals surface area contributed by atoms with Crippen LogP contribution >= 0.6 is 11.8 Å². The van der Waals surface area contributed by atoms with Crippen LogP contribution in [0.2, 0.25) is 0 Å². The highest BCUT2D eigenvalue weighted by Crippen LogP contribution is 2.42. The van der Waals surface area contributed by atoms with Gasteiger partial charge < -0.3 is 4.74 Å². The molecule has 0 bridgehead atoms. The van der Waals surface area contributed by atoms with Crippen molar-refractivity contribution in [3.63, 3.8) is 0 Å². The molecule has 1 fully saturated rings. The molecule has 30 heavy (non-hydrogen) atoms. The van der Waals surface area contributed by atoms with Crippen LogP contribution < -0.4 is 0 Å². The molecule has 0 aromatic heterocycles. The van der Waals surface area contributed by atoms with Gasteiger partial charge in [-0.3, -0.25) is 9.59 Å². The molecule has 160 valence electrons. The fourth-order valence-corrected chi connectivity index (χ4v) is 6.63. The van der Waals surface area contributed by atoms with Crippen LogP contribution in [0, 0.1) is 13.8 Å². The van der Waals surface area contributed by atoms with Crippen LogP contribution in [0.5, 0.6) is 0 Å². The van der Waals surface area contributed by atoms with E-state index in [4.69, 9.17) is 4.74 Å². The third-order valence-corrected chi connectivity index (χ3v) is 9.04. The number of sulfone groups is 1. The zero-order valence-corrected chi connectivity index (χ0v) is 19.1. The van der Waals surface area contributed by atoms with Gasteiger partial charge in [-0.15, -0.1) is 11.8 Å². The highest BCUT2D eigenvalue weighted by atomic mass is 32.2. The molecule has 0 saturated heterocycles. The molecule has 1 aliphatic carbocycles. The molecule has 0 amide bonds. The van der Waals surface area contributed by atoms with Gasteiger partial charge in [-0.2, -0.15) is 0 Å². The lowest BCUT2D eigenvalue weighted by atomic mass is 10.1. The number of carbonyl (C=O) groups is 2. The van der Waals surface area contributed by atoms with Gasteiger partial charge in [0.25, 0.3) is 0 Å². The standard InChI is InChI=1S/C23H26O5S2/c1-16-6-7-17(2)21(14-16)30(26,27)23(12-4-5-13-23)22(25)28-15-20(24)18-8-10-19(29-3)11-9-18/h6-11,14H,4-5,12-13,15H2,1-3H3. The molecular formula is C23H26O5S2. The van der Waals surface area contributed by atoms with E-state index in [9.17, 15) is 18.0 Å². The van der Waals surface area contributed by atoms with Crippen molar-refractivity contribution in [3.05, 3.63) is 59.2 Å². The fraction of sp³-hybridized carbons (Fsp3) is 0.391. The van der Waals surface area contributed by atoms with Crippen LogP contribution in [0.15, 0.2) is 52.3 Å². The summed E-state index contributed by atoms with van der Waals surface area (Å²) >= 11 is 1.56. The first-order valence-corrected chi connectivity index (χ1v) is 12.6. The Kier molecular flexibility index (Phi) is 6.72. The summed E-state index contributed by atoms with van der Waals surface area (Å²) in [6, 6.07) is 12.2. The number of ether oxygens (including phenoxy) is 1. The Bertz CT molecular complexity index is 1050. The Morgan fingerprint density at radius 3 is 2.27 bits per heavy atom. The summed E-state index contributed by atoms with van der Waals surface area (Å²) in [5.41, 5.74) is 1.84. The third-order valence-electron chi connectivity index (χ3n) is 5.68. The smallest absolute Gasteiger partial charge is 0.328 e. The minimum Gasteiger partial charge on any atom is -0.456 e. The first-order valence-electron chi connectivity index (χ1n) is 9.88. The molecular weight excluding hydrogens is 420 g/mol. The van der Waals surface area contributed by atoms with Gasteiger partial charge in [0.1, 0.15) is 0 Å². The van der Waals surface area contributed by atoms with Gasteiger partial charge in [0.15, 0.2) is 27.0 Å². The van der Waals surface area contributed by atoms with Crippen molar-refractivity contribution < 1.29 is 22.7 Å². The van der Waals surface area contributed by atoms with E-state index in [2.05, 4.69) is 0 Å². The molecule has 3 rings (SSSR count). The van der Waals surface area contributed by atoms with Gasteiger partial charge in [-0.05, 0) is 62.3 Å². The first-order chi connectivity index (χ1) is 14.2. The lowest BCUT2D eigenvalue weighted by Gasteiger charge is -2.27. The van der Waals surface area contributed by atoms with Gasteiger partial charge in [-0.1, -0.05) is 37.1 Å². The molecule has 0 spiro atoms. The third kappa shape index (κ3) is 4.18. The number of rotatable bonds is 7. The number of carbonyl (C=O) groups excluding carboxylic acids is 2. The second kappa shape index (κ2) is 8.94. The summed E-state index contributed by atoms with van der Waals surface area (Å²) in [6.45, 7) is 3.07. The van der Waals surface area contributed by atoms with Crippen LogP contribution in [-0.4, -0.2) is 37.8 Å². The normalized spacial score (nSPS) is 15.7. The van der Waals surface area contributed by atoms with E-state index < -0.39 is 27.2 Å². The highest BCUT2D eigenvalue weighted by Gasteiger charge is 2.54. The maximum atomic E-state index is 13.6. The second-order valence-corrected chi connectivity index (χ2v) is 10.8. The molecule has 0 unspecified atom stereocenters. The molecule has 0 atom stereocenters. The zero-order valence-electron chi connectivity index (χ0n) is 17.4. The van der Waals surface area contributed by atoms with Crippen molar-refractivity contribution in [1.29, 1.82) is 0 Å². The van der Waals surface area contributed by atoms with Gasteiger partial charge in [0.2, 0.25) is 0 Å². The predicted molar refractivity (Wildman–Crippen MR) is 118 cm³/mol. The number of hydrogen-bond donors (Lipinski definition) is 0. The second-order valence-electron chi connectivity index (χ2n) is 7.70. The average Bonchev–Trinajstić information content (AvgIpc) is 3.25. The molecule has 0 aliphatic heterocycles. The summed E-state index contributed by atoms with van der Waals surface area (Å²) in [5, 5.41) is 0. The van der Waals surface area contributed by atoms with Crippen molar-refractivity contribution in [2.75, 3.05) is 12.9 Å². The number of hydrogen-bond acceptors (Lipinski definition) is 6. The molecule has 7 heteroatoms. The number of ketones is 1. The van der Waals surface area contributed by atoms with Gasteiger partial charge >= 0.3 is 5.97 Å². The van der Waals surface area contributed by atoms with Crippen molar-refractivity contribution in [1.82, 2.24) is 0 Å². The van der Waals surface area contributed by atoms with Crippen molar-refractivity contribution in [2.45, 2.75) is 54.1 Å². The minimum atomic E-state index is -3.96. The van der Waals surface area contributed by atoms with Crippen LogP contribution in [0.1, 0.15) is 47.2 Å². The Labute approximate surface area is 182 Å². The van der Waals surface area contributed by atoms with Gasteiger partial charge in [-0.25, -0.2) is 8.42 Å². The maximum absolute atomic E-state index is 13.6. The number of esters is 1. The number of Topliss-reactive ketones (excluding diaryl/α,β-unsaturated/α-hetero) is 1. The first kappa shape index (κ1) is 22.6. The molecule has 0 radical (unpaired) electrons. The van der Waals surface area contributed by atoms with Crippen LogP contribution in [-0.2, 0) is 19.4 Å². The average molecular weight is 447 g/mol. The van der Waals surface area contributed by atoms with E-state index in [1.807, 2.05) is 31.4 Å². The molecule has 1 saturated carbocycles. The zero-order chi connectivity index (χ0) is 21.9. The van der Waals surface area contributed by atoms with Crippen LogP contribution in [0.3, 0.4) is 0 Å². The topological polar surface area (TPSA) is 77.5 Å². The monoisotopic (exact) mass is 446 g/mol. The Balaban J connectivity index is 1.83. The number of benzene rings is 2. The summed E-state index contributed by atoms with van der Waals surface area (Å²) < 4.78 is 30.8. The van der Waals surface area contributed by atoms with Crippen molar-refractivity contribution >= 4 is 33.4 Å². The Morgan fingerprint density at radius 2 is 1.67 bits per heavy atom. The largest absolute Gasteiger partial charge is 0.456 e. The SMILES string of the molecule is CSc1ccc(C(=O)COC(=O)C2(S(=O)(=O)c3cc(C)ccc3C)CCCC2)cc1. The van der Waals surface area contributed by atoms with Gasteiger partial charge in [0, 0.05) is 10.5 Å². The van der Waals surface area contributed by atoms with E-state index in [0.717, 1.165) is 10.5 Å². The molecule has 2 aromatic carbocycles. The lowest BCUT2D eigenvalue weighted by molar-refractivity contribution is -0.145. The molecule has 2 aromatic rings. The summed E-state index contributed by atoms with van der Waals surface area (Å²) in [5.74, 6) is -1.18. The van der Waals surface area contributed by atoms with E-state index in [1.165, 1.54) is 0 Å². The summed E-state index contributed by atoms with van der Waals surface area (Å²) in [7, 11) is -3.96. The van der Waals surface area contributed by atoms with E-state index in [1.54, 1.807) is 43.0 Å². The summed E-state index contributed by atoms with van der Waals surface area (Å²) in [4.78, 5) is 26.7. The number of aryl methyl sites for hydroxylation is 2. The van der Waals surface area contributed by atoms with Crippen molar-refractivity contribution in [2.24, 2.45) is 0 Å². The predicted octanol–water partition coefficient (Wildman–Crippen LogP) is 4.54. The molecule has 5 nitrogen and oxygen atoms in total.